The van der Waals surface area contributed by atoms with Gasteiger partial charge in [-0.2, -0.15) is 0 Å². The summed E-state index contributed by atoms with van der Waals surface area (Å²) in [4.78, 5) is 23.3. The molecule has 3 rings (SSSR count). The van der Waals surface area contributed by atoms with Crippen LogP contribution in [0.4, 0.5) is 0 Å². The first-order valence-corrected chi connectivity index (χ1v) is 11.2. The molecule has 1 saturated carbocycles. The summed E-state index contributed by atoms with van der Waals surface area (Å²) in [7, 11) is 3.56. The average molecular weight is 521 g/mol. The van der Waals surface area contributed by atoms with E-state index in [9.17, 15) is 4.79 Å². The van der Waals surface area contributed by atoms with Crippen molar-refractivity contribution in [3.8, 4) is 0 Å². The number of amides is 1. The topological polar surface area (TPSA) is 60.4 Å². The SMILES string of the molecule is CN(C)C(=O)CN=C(NCC1CCCCO1)N1CCN(C2CCCCC2)CC1.I. The van der Waals surface area contributed by atoms with E-state index < -0.39 is 0 Å². The minimum Gasteiger partial charge on any atom is -0.376 e. The number of nitrogens with zero attached hydrogens (tertiary/aromatic N) is 4. The van der Waals surface area contributed by atoms with Crippen LogP contribution in [-0.2, 0) is 9.53 Å². The lowest BCUT2D eigenvalue weighted by Gasteiger charge is -2.42. The second-order valence-corrected chi connectivity index (χ2v) is 8.61. The van der Waals surface area contributed by atoms with Gasteiger partial charge in [-0.15, -0.1) is 24.0 Å². The molecule has 3 fully saturated rings. The van der Waals surface area contributed by atoms with Crippen molar-refractivity contribution < 1.29 is 9.53 Å². The molecule has 0 aromatic carbocycles. The Bertz CT molecular complexity index is 511. The molecule has 2 saturated heterocycles. The first-order chi connectivity index (χ1) is 13.6. The van der Waals surface area contributed by atoms with Gasteiger partial charge < -0.3 is 19.9 Å². The molecule has 1 unspecified atom stereocenters. The van der Waals surface area contributed by atoms with Crippen LogP contribution in [0.5, 0.6) is 0 Å². The van der Waals surface area contributed by atoms with E-state index in [2.05, 4.69) is 20.1 Å². The third kappa shape index (κ3) is 7.86. The van der Waals surface area contributed by atoms with Gasteiger partial charge in [0.05, 0.1) is 6.10 Å². The monoisotopic (exact) mass is 521 g/mol. The van der Waals surface area contributed by atoms with E-state index in [0.717, 1.165) is 64.2 Å². The fourth-order valence-electron chi connectivity index (χ4n) is 4.47. The number of hydrogen-bond acceptors (Lipinski definition) is 4. The molecule has 2 aliphatic heterocycles. The van der Waals surface area contributed by atoms with E-state index >= 15 is 0 Å². The highest BCUT2D eigenvalue weighted by atomic mass is 127. The molecule has 1 aliphatic carbocycles. The zero-order valence-electron chi connectivity index (χ0n) is 18.3. The lowest BCUT2D eigenvalue weighted by atomic mass is 9.94. The molecule has 1 N–H and O–H groups in total. The van der Waals surface area contributed by atoms with Crippen LogP contribution in [0.2, 0.25) is 0 Å². The summed E-state index contributed by atoms with van der Waals surface area (Å²) in [6, 6.07) is 0.773. The molecule has 0 aromatic heterocycles. The van der Waals surface area contributed by atoms with Gasteiger partial charge in [-0.25, -0.2) is 4.99 Å². The fraction of sp³-hybridized carbons (Fsp3) is 0.905. The molecule has 168 valence electrons. The quantitative estimate of drug-likeness (QED) is 0.342. The van der Waals surface area contributed by atoms with Gasteiger partial charge in [0.15, 0.2) is 5.96 Å². The van der Waals surface area contributed by atoms with Gasteiger partial charge in [0, 0.05) is 59.5 Å². The summed E-state index contributed by atoms with van der Waals surface area (Å²) < 4.78 is 5.86. The largest absolute Gasteiger partial charge is 0.376 e. The molecule has 0 spiro atoms. The summed E-state index contributed by atoms with van der Waals surface area (Å²) in [6.07, 6.45) is 10.6. The first-order valence-electron chi connectivity index (χ1n) is 11.2. The van der Waals surface area contributed by atoms with Crippen molar-refractivity contribution in [2.75, 3.05) is 60.0 Å². The van der Waals surface area contributed by atoms with Crippen molar-refractivity contribution in [1.29, 1.82) is 0 Å². The standard InChI is InChI=1S/C21H39N5O2.HI/c1-24(2)20(27)17-23-21(22-16-19-10-6-7-15-28-19)26-13-11-25(12-14-26)18-8-4-3-5-9-18;/h18-19H,3-17H2,1-2H3,(H,22,23);1H. The minimum absolute atomic E-state index is 0. The molecular weight excluding hydrogens is 481 g/mol. The number of aliphatic imine (C=N–C) groups is 1. The van der Waals surface area contributed by atoms with E-state index in [1.165, 1.54) is 38.5 Å². The predicted octanol–water partition coefficient (Wildman–Crippen LogP) is 2.16. The number of carbonyl (C=O) groups is 1. The van der Waals surface area contributed by atoms with Crippen molar-refractivity contribution in [3.05, 3.63) is 0 Å². The number of carbonyl (C=O) groups excluding carboxylic acids is 1. The highest BCUT2D eigenvalue weighted by Gasteiger charge is 2.27. The molecule has 29 heavy (non-hydrogen) atoms. The summed E-state index contributed by atoms with van der Waals surface area (Å²) in [5.41, 5.74) is 0. The van der Waals surface area contributed by atoms with Gasteiger partial charge in [-0.05, 0) is 32.1 Å². The van der Waals surface area contributed by atoms with Crippen LogP contribution < -0.4 is 5.32 Å². The van der Waals surface area contributed by atoms with Crippen molar-refractivity contribution in [2.45, 2.75) is 63.5 Å². The first kappa shape index (κ1) is 24.7. The zero-order chi connectivity index (χ0) is 19.8. The van der Waals surface area contributed by atoms with Crippen LogP contribution in [0.15, 0.2) is 4.99 Å². The molecule has 7 nitrogen and oxygen atoms in total. The lowest BCUT2D eigenvalue weighted by molar-refractivity contribution is -0.127. The summed E-state index contributed by atoms with van der Waals surface area (Å²) in [5.74, 6) is 0.904. The van der Waals surface area contributed by atoms with Crippen LogP contribution in [0, 0.1) is 0 Å². The molecule has 0 radical (unpaired) electrons. The van der Waals surface area contributed by atoms with Crippen molar-refractivity contribution in [1.82, 2.24) is 20.0 Å². The van der Waals surface area contributed by atoms with Crippen molar-refractivity contribution in [2.24, 2.45) is 4.99 Å². The second-order valence-electron chi connectivity index (χ2n) is 8.61. The number of piperazine rings is 1. The average Bonchev–Trinajstić information content (AvgIpc) is 2.75. The van der Waals surface area contributed by atoms with Crippen LogP contribution in [0.3, 0.4) is 0 Å². The van der Waals surface area contributed by atoms with Gasteiger partial charge in [-0.3, -0.25) is 9.69 Å². The van der Waals surface area contributed by atoms with Crippen molar-refractivity contribution in [3.63, 3.8) is 0 Å². The predicted molar refractivity (Wildman–Crippen MR) is 128 cm³/mol. The highest BCUT2D eigenvalue weighted by molar-refractivity contribution is 14.0. The molecule has 1 amide bonds. The maximum Gasteiger partial charge on any atom is 0.243 e. The Kier molecular flexibility index (Phi) is 11.0. The number of hydrogen-bond donors (Lipinski definition) is 1. The second kappa shape index (κ2) is 12.9. The van der Waals surface area contributed by atoms with Gasteiger partial charge >= 0.3 is 0 Å². The normalized spacial score (nSPS) is 24.7. The van der Waals surface area contributed by atoms with Crippen molar-refractivity contribution >= 4 is 35.8 Å². The smallest absolute Gasteiger partial charge is 0.243 e. The summed E-state index contributed by atoms with van der Waals surface area (Å²) in [6.45, 7) is 5.97. The zero-order valence-corrected chi connectivity index (χ0v) is 20.6. The van der Waals surface area contributed by atoms with Crippen LogP contribution in [0.1, 0.15) is 51.4 Å². The van der Waals surface area contributed by atoms with E-state index in [0.29, 0.717) is 0 Å². The lowest BCUT2D eigenvalue weighted by Crippen LogP contribution is -2.55. The number of rotatable bonds is 5. The third-order valence-corrected chi connectivity index (χ3v) is 6.33. The van der Waals surface area contributed by atoms with Crippen LogP contribution in [-0.4, -0.2) is 98.7 Å². The summed E-state index contributed by atoms with van der Waals surface area (Å²) in [5, 5.41) is 3.51. The number of guanidine groups is 1. The molecule has 3 aliphatic rings. The van der Waals surface area contributed by atoms with Gasteiger partial charge in [-0.1, -0.05) is 19.3 Å². The molecule has 1 atom stereocenters. The Labute approximate surface area is 193 Å². The Hall–Kier alpha value is -0.610. The Morgan fingerprint density at radius 1 is 1.03 bits per heavy atom. The van der Waals surface area contributed by atoms with Gasteiger partial charge in [0.1, 0.15) is 6.54 Å². The van der Waals surface area contributed by atoms with Crippen LogP contribution in [0.25, 0.3) is 0 Å². The highest BCUT2D eigenvalue weighted by Crippen LogP contribution is 2.23. The number of ether oxygens (including phenoxy) is 1. The molecule has 2 heterocycles. The molecular formula is C21H40IN5O2. The fourth-order valence-corrected chi connectivity index (χ4v) is 4.47. The maximum atomic E-state index is 12.0. The van der Waals surface area contributed by atoms with Crippen LogP contribution >= 0.6 is 24.0 Å². The van der Waals surface area contributed by atoms with Gasteiger partial charge in [0.25, 0.3) is 0 Å². The van der Waals surface area contributed by atoms with Gasteiger partial charge in [0.2, 0.25) is 5.91 Å². The Morgan fingerprint density at radius 3 is 2.34 bits per heavy atom. The Morgan fingerprint density at radius 2 is 1.72 bits per heavy atom. The third-order valence-electron chi connectivity index (χ3n) is 6.33. The minimum atomic E-state index is 0. The van der Waals surface area contributed by atoms with E-state index in [4.69, 9.17) is 4.74 Å². The van der Waals surface area contributed by atoms with E-state index in [1.54, 1.807) is 19.0 Å². The van der Waals surface area contributed by atoms with E-state index in [-0.39, 0.29) is 42.5 Å². The molecule has 8 heteroatoms. The molecule has 0 aromatic rings. The molecule has 0 bridgehead atoms. The number of nitrogens with one attached hydrogen (secondary N) is 1. The maximum absolute atomic E-state index is 12.0. The summed E-state index contributed by atoms with van der Waals surface area (Å²) >= 11 is 0. The number of likely N-dealkylation sites (N-methyl/N-ethyl adjacent to an activating group) is 1. The number of halogens is 1. The van der Waals surface area contributed by atoms with E-state index in [1.807, 2.05) is 0 Å². The Balaban J connectivity index is 0.00000300.